The predicted molar refractivity (Wildman–Crippen MR) is 140 cm³/mol. The van der Waals surface area contributed by atoms with Crippen LogP contribution in [-0.4, -0.2) is 47.0 Å². The molecule has 1 aliphatic heterocycles. The van der Waals surface area contributed by atoms with E-state index in [1.165, 1.54) is 12.1 Å². The molecule has 0 radical (unpaired) electrons. The maximum Gasteiger partial charge on any atom is 0.232 e. The van der Waals surface area contributed by atoms with E-state index in [0.717, 1.165) is 43.0 Å². The molecule has 1 aliphatic rings. The van der Waals surface area contributed by atoms with Crippen LogP contribution in [0, 0.1) is 11.2 Å². The topological polar surface area (TPSA) is 65.5 Å². The summed E-state index contributed by atoms with van der Waals surface area (Å²) < 4.78 is 13.4. The first-order valence-corrected chi connectivity index (χ1v) is 11.5. The Morgan fingerprint density at radius 1 is 1.03 bits per heavy atom. The van der Waals surface area contributed by atoms with Crippen LogP contribution < -0.4 is 14.7 Å². The molecule has 11 heteroatoms. The fourth-order valence-electron chi connectivity index (χ4n) is 3.53. The highest BCUT2D eigenvalue weighted by Gasteiger charge is 2.29. The van der Waals surface area contributed by atoms with Gasteiger partial charge in [0.05, 0.1) is 12.2 Å². The van der Waals surface area contributed by atoms with Crippen LogP contribution in [0.15, 0.2) is 48.1 Å². The third-order valence-electron chi connectivity index (χ3n) is 5.27. The van der Waals surface area contributed by atoms with Gasteiger partial charge in [0.25, 0.3) is 0 Å². The summed E-state index contributed by atoms with van der Waals surface area (Å²) in [7, 11) is 0. The first kappa shape index (κ1) is 27.8. The minimum absolute atomic E-state index is 0. The van der Waals surface area contributed by atoms with Gasteiger partial charge in [-0.05, 0) is 30.3 Å². The van der Waals surface area contributed by atoms with Crippen molar-refractivity contribution in [3.05, 3.63) is 59.6 Å². The van der Waals surface area contributed by atoms with Gasteiger partial charge >= 0.3 is 0 Å². The van der Waals surface area contributed by atoms with Crippen molar-refractivity contribution >= 4 is 58.8 Å². The van der Waals surface area contributed by atoms with E-state index in [4.69, 9.17) is 4.98 Å². The zero-order valence-corrected chi connectivity index (χ0v) is 21.8. The Labute approximate surface area is 215 Å². The Hall–Kier alpha value is -2.49. The van der Waals surface area contributed by atoms with Crippen LogP contribution in [0.2, 0.25) is 0 Å². The fourth-order valence-corrected chi connectivity index (χ4v) is 4.40. The van der Waals surface area contributed by atoms with Gasteiger partial charge < -0.3 is 14.7 Å². The Morgan fingerprint density at radius 3 is 2.21 bits per heavy atom. The van der Waals surface area contributed by atoms with E-state index < -0.39 is 5.41 Å². The molecule has 1 aromatic carbocycles. The lowest BCUT2D eigenvalue weighted by molar-refractivity contribution is -0.125. The average molecular weight is 527 g/mol. The summed E-state index contributed by atoms with van der Waals surface area (Å²) in [6.07, 6.45) is 3.52. The summed E-state index contributed by atoms with van der Waals surface area (Å²) in [5.41, 5.74) is 0.918. The van der Waals surface area contributed by atoms with Crippen LogP contribution >= 0.6 is 36.2 Å². The van der Waals surface area contributed by atoms with Crippen LogP contribution in [0.4, 0.5) is 21.2 Å². The first-order chi connectivity index (χ1) is 15.3. The van der Waals surface area contributed by atoms with Crippen LogP contribution in [0.3, 0.4) is 0 Å². The number of nitrogens with zero attached hydrogens (tertiary/aromatic N) is 6. The molecule has 7 nitrogen and oxygen atoms in total. The molecule has 34 heavy (non-hydrogen) atoms. The van der Waals surface area contributed by atoms with Gasteiger partial charge in [0.15, 0.2) is 5.13 Å². The van der Waals surface area contributed by atoms with Gasteiger partial charge in [-0.3, -0.25) is 4.79 Å². The van der Waals surface area contributed by atoms with Gasteiger partial charge in [-0.1, -0.05) is 20.8 Å². The number of halogens is 3. The lowest BCUT2D eigenvalue weighted by atomic mass is 9.94. The van der Waals surface area contributed by atoms with Gasteiger partial charge in [-0.25, -0.2) is 19.3 Å². The van der Waals surface area contributed by atoms with Gasteiger partial charge in [0, 0.05) is 55.1 Å². The highest BCUT2D eigenvalue weighted by atomic mass is 35.5. The average Bonchev–Trinajstić information content (AvgIpc) is 3.26. The largest absolute Gasteiger partial charge is 0.345 e. The lowest BCUT2D eigenvalue weighted by Gasteiger charge is -2.34. The van der Waals surface area contributed by atoms with Crippen LogP contribution in [0.25, 0.3) is 0 Å². The maximum atomic E-state index is 13.4. The van der Waals surface area contributed by atoms with Gasteiger partial charge in [0.2, 0.25) is 11.9 Å². The van der Waals surface area contributed by atoms with E-state index in [0.29, 0.717) is 12.2 Å². The number of hydrogen-bond acceptors (Lipinski definition) is 7. The maximum absolute atomic E-state index is 13.4. The van der Waals surface area contributed by atoms with Crippen molar-refractivity contribution in [2.75, 3.05) is 40.9 Å². The monoisotopic (exact) mass is 526 g/mol. The van der Waals surface area contributed by atoms with E-state index in [1.807, 2.05) is 32.2 Å². The molecule has 0 spiro atoms. The third-order valence-corrected chi connectivity index (χ3v) is 6.22. The van der Waals surface area contributed by atoms with Gasteiger partial charge in [-0.15, -0.1) is 36.2 Å². The van der Waals surface area contributed by atoms with Crippen molar-refractivity contribution in [3.63, 3.8) is 0 Å². The minimum atomic E-state index is -0.566. The molecule has 4 rings (SSSR count). The summed E-state index contributed by atoms with van der Waals surface area (Å²) in [5.74, 6) is 0.394. The number of carbonyl (C=O) groups is 1. The Morgan fingerprint density at radius 2 is 1.62 bits per heavy atom. The van der Waals surface area contributed by atoms with E-state index in [9.17, 15) is 9.18 Å². The predicted octanol–water partition coefficient (Wildman–Crippen LogP) is 4.82. The van der Waals surface area contributed by atoms with Crippen molar-refractivity contribution in [1.29, 1.82) is 0 Å². The summed E-state index contributed by atoms with van der Waals surface area (Å²) in [6.45, 7) is 9.29. The number of hydrogen-bond donors (Lipinski definition) is 0. The number of anilines is 3. The molecule has 0 saturated carbocycles. The van der Waals surface area contributed by atoms with Crippen molar-refractivity contribution in [1.82, 2.24) is 15.0 Å². The first-order valence-electron chi connectivity index (χ1n) is 10.6. The fraction of sp³-hybridized carbons (Fsp3) is 0.391. The zero-order valence-electron chi connectivity index (χ0n) is 19.3. The second kappa shape index (κ2) is 11.8. The molecule has 0 bridgehead atoms. The Bertz CT molecular complexity index is 1050. The molecule has 3 heterocycles. The molecule has 0 aliphatic carbocycles. The molecular formula is C23H29Cl2FN6OS. The quantitative estimate of drug-likeness (QED) is 0.474. The normalized spacial score (nSPS) is 13.6. The standard InChI is InChI=1S/C23H27FN6OS.2ClH/c1-23(2,3)20(31)30(19-7-5-17(24)6-8-19)15-18-16-32-22(27-18)29-13-11-28(12-14-29)21-25-9-4-10-26-21;;/h4-10,16H,11-15H2,1-3H3;2*1H. The molecule has 1 saturated heterocycles. The molecule has 3 aromatic rings. The van der Waals surface area contributed by atoms with E-state index in [2.05, 4.69) is 19.8 Å². The summed E-state index contributed by atoms with van der Waals surface area (Å²) in [6, 6.07) is 7.84. The highest BCUT2D eigenvalue weighted by molar-refractivity contribution is 7.13. The number of benzene rings is 1. The second-order valence-electron chi connectivity index (χ2n) is 8.76. The number of amides is 1. The second-order valence-corrected chi connectivity index (χ2v) is 9.60. The Kier molecular flexibility index (Phi) is 9.61. The molecule has 0 unspecified atom stereocenters. The van der Waals surface area contributed by atoms with Crippen molar-refractivity contribution in [3.8, 4) is 0 Å². The van der Waals surface area contributed by atoms with E-state index in [1.54, 1.807) is 40.8 Å². The molecular weight excluding hydrogens is 498 g/mol. The van der Waals surface area contributed by atoms with Gasteiger partial charge in [0.1, 0.15) is 5.82 Å². The van der Waals surface area contributed by atoms with Gasteiger partial charge in [-0.2, -0.15) is 0 Å². The van der Waals surface area contributed by atoms with E-state index >= 15 is 0 Å². The van der Waals surface area contributed by atoms with Crippen LogP contribution in [0.5, 0.6) is 0 Å². The number of piperazine rings is 1. The number of thiazole rings is 1. The summed E-state index contributed by atoms with van der Waals surface area (Å²) >= 11 is 1.58. The molecule has 184 valence electrons. The summed E-state index contributed by atoms with van der Waals surface area (Å²) in [4.78, 5) is 32.7. The number of aromatic nitrogens is 3. The number of rotatable bonds is 5. The molecule has 2 aromatic heterocycles. The van der Waals surface area contributed by atoms with E-state index in [-0.39, 0.29) is 36.5 Å². The zero-order chi connectivity index (χ0) is 22.7. The van der Waals surface area contributed by atoms with Crippen LogP contribution in [0.1, 0.15) is 26.5 Å². The minimum Gasteiger partial charge on any atom is -0.345 e. The highest BCUT2D eigenvalue weighted by Crippen LogP contribution is 2.28. The van der Waals surface area contributed by atoms with Crippen molar-refractivity contribution in [2.24, 2.45) is 5.41 Å². The lowest BCUT2D eigenvalue weighted by Crippen LogP contribution is -2.47. The number of carbonyl (C=O) groups excluding carboxylic acids is 1. The molecule has 1 amide bonds. The molecule has 0 atom stereocenters. The third kappa shape index (κ3) is 6.55. The Balaban J connectivity index is 0.00000204. The SMILES string of the molecule is CC(C)(C)C(=O)N(Cc1csc(N2CCN(c3ncccn3)CC2)n1)c1ccc(F)cc1.Cl.Cl. The molecule has 0 N–H and O–H groups in total. The smallest absolute Gasteiger partial charge is 0.232 e. The molecule has 1 fully saturated rings. The van der Waals surface area contributed by atoms with Crippen molar-refractivity contribution < 1.29 is 9.18 Å². The van der Waals surface area contributed by atoms with Crippen molar-refractivity contribution in [2.45, 2.75) is 27.3 Å². The van der Waals surface area contributed by atoms with Crippen LogP contribution in [-0.2, 0) is 11.3 Å². The summed E-state index contributed by atoms with van der Waals surface area (Å²) in [5, 5.41) is 2.94.